The van der Waals surface area contributed by atoms with Crippen molar-refractivity contribution in [2.24, 2.45) is 7.05 Å². The van der Waals surface area contributed by atoms with Crippen LogP contribution in [0.2, 0.25) is 0 Å². The molecule has 4 aromatic rings. The number of benzene rings is 2. The third-order valence-electron chi connectivity index (χ3n) is 6.54. The van der Waals surface area contributed by atoms with Crippen LogP contribution in [0.4, 0.5) is 4.39 Å². The highest BCUT2D eigenvalue weighted by atomic mass is 19.1. The summed E-state index contributed by atoms with van der Waals surface area (Å²) < 4.78 is 18.0. The molecule has 0 aliphatic carbocycles. The summed E-state index contributed by atoms with van der Waals surface area (Å²) in [5.41, 5.74) is 3.66. The number of rotatable bonds is 4. The molecule has 3 heterocycles. The number of hydrogen-bond donors (Lipinski definition) is 1. The van der Waals surface area contributed by atoms with Crippen molar-refractivity contribution in [3.63, 3.8) is 0 Å². The lowest BCUT2D eigenvalue weighted by Crippen LogP contribution is -2.36. The summed E-state index contributed by atoms with van der Waals surface area (Å²) in [5, 5.41) is 19.6. The quantitative estimate of drug-likeness (QED) is 0.514. The van der Waals surface area contributed by atoms with Crippen molar-refractivity contribution in [1.29, 1.82) is 0 Å². The maximum Gasteiger partial charge on any atom is 0.325 e. The normalized spacial score (nSPS) is 14.9. The molecule has 33 heavy (non-hydrogen) atoms. The molecule has 0 radical (unpaired) electrons. The van der Waals surface area contributed by atoms with Crippen LogP contribution in [0.1, 0.15) is 31.4 Å². The second-order valence-corrected chi connectivity index (χ2v) is 8.58. The zero-order valence-electron chi connectivity index (χ0n) is 18.5. The smallest absolute Gasteiger partial charge is 0.325 e. The zero-order chi connectivity index (χ0) is 23.3. The van der Waals surface area contributed by atoms with Gasteiger partial charge in [0.15, 0.2) is 0 Å². The lowest BCUT2D eigenvalue weighted by Gasteiger charge is -2.30. The summed E-state index contributed by atoms with van der Waals surface area (Å²) in [7, 11) is 1.77. The van der Waals surface area contributed by atoms with Crippen molar-refractivity contribution in [1.82, 2.24) is 24.5 Å². The fourth-order valence-electron chi connectivity index (χ4n) is 4.86. The van der Waals surface area contributed by atoms with E-state index in [1.54, 1.807) is 18.7 Å². The fraction of sp³-hybridized carbons (Fsp3) is 0.333. The molecule has 2 aromatic carbocycles. The van der Waals surface area contributed by atoms with E-state index in [0.29, 0.717) is 35.1 Å². The number of carboxylic acids is 1. The number of aliphatic carboxylic acids is 1. The molecule has 9 heteroatoms. The Balaban J connectivity index is 1.69. The molecule has 8 nitrogen and oxygen atoms in total. The van der Waals surface area contributed by atoms with Crippen molar-refractivity contribution in [3.8, 4) is 11.1 Å². The van der Waals surface area contributed by atoms with Crippen LogP contribution in [0, 0.1) is 5.82 Å². The molecule has 0 atom stereocenters. The molecule has 0 bridgehead atoms. The molecule has 0 spiro atoms. The highest BCUT2D eigenvalue weighted by Crippen LogP contribution is 2.39. The van der Waals surface area contributed by atoms with Crippen LogP contribution in [0.15, 0.2) is 36.5 Å². The Morgan fingerprint density at radius 3 is 2.64 bits per heavy atom. The van der Waals surface area contributed by atoms with Gasteiger partial charge < -0.3 is 10.0 Å². The summed E-state index contributed by atoms with van der Waals surface area (Å²) in [4.78, 5) is 25.1. The molecule has 0 saturated carbocycles. The van der Waals surface area contributed by atoms with E-state index >= 15 is 0 Å². The molecule has 0 unspecified atom stereocenters. The maximum atomic E-state index is 14.9. The summed E-state index contributed by atoms with van der Waals surface area (Å²) in [5.74, 6) is -1.22. The third kappa shape index (κ3) is 3.63. The van der Waals surface area contributed by atoms with Gasteiger partial charge in [0.2, 0.25) is 5.91 Å². The van der Waals surface area contributed by atoms with Gasteiger partial charge in [-0.15, -0.1) is 0 Å². The summed E-state index contributed by atoms with van der Waals surface area (Å²) >= 11 is 0. The Morgan fingerprint density at radius 1 is 1.18 bits per heavy atom. The highest BCUT2D eigenvalue weighted by molar-refractivity contribution is 5.99. The number of aromatic nitrogens is 4. The molecule has 1 aliphatic rings. The number of piperidine rings is 1. The van der Waals surface area contributed by atoms with E-state index in [0.717, 1.165) is 29.5 Å². The molecule has 1 amide bonds. The number of halogens is 1. The van der Waals surface area contributed by atoms with Gasteiger partial charge in [-0.1, -0.05) is 12.1 Å². The van der Waals surface area contributed by atoms with Gasteiger partial charge in [-0.3, -0.25) is 19.0 Å². The van der Waals surface area contributed by atoms with Crippen molar-refractivity contribution in [2.75, 3.05) is 13.1 Å². The molecule has 5 rings (SSSR count). The molecular weight excluding hydrogens is 425 g/mol. The van der Waals surface area contributed by atoms with Gasteiger partial charge in [0.1, 0.15) is 12.4 Å². The van der Waals surface area contributed by atoms with E-state index in [-0.39, 0.29) is 24.2 Å². The van der Waals surface area contributed by atoms with Gasteiger partial charge in [0.25, 0.3) is 0 Å². The Hall–Kier alpha value is -3.75. The summed E-state index contributed by atoms with van der Waals surface area (Å²) in [6, 6.07) is 9.00. The molecular formula is C24H24FN5O3. The number of amides is 1. The van der Waals surface area contributed by atoms with E-state index < -0.39 is 5.97 Å². The average molecular weight is 449 g/mol. The van der Waals surface area contributed by atoms with Crippen molar-refractivity contribution in [3.05, 3.63) is 48.0 Å². The second kappa shape index (κ2) is 7.99. The lowest BCUT2D eigenvalue weighted by molar-refractivity contribution is -0.137. The first-order valence-corrected chi connectivity index (χ1v) is 10.9. The predicted octanol–water partition coefficient (Wildman–Crippen LogP) is 3.54. The predicted molar refractivity (Wildman–Crippen MR) is 121 cm³/mol. The molecule has 1 aliphatic heterocycles. The lowest BCUT2D eigenvalue weighted by atomic mass is 9.89. The van der Waals surface area contributed by atoms with Crippen LogP contribution in [-0.4, -0.2) is 54.5 Å². The van der Waals surface area contributed by atoms with Gasteiger partial charge in [-0.05, 0) is 42.2 Å². The Morgan fingerprint density at radius 2 is 1.94 bits per heavy atom. The van der Waals surface area contributed by atoms with Crippen LogP contribution in [0.5, 0.6) is 0 Å². The first kappa shape index (κ1) is 21.1. The van der Waals surface area contributed by atoms with Crippen molar-refractivity contribution < 1.29 is 19.1 Å². The summed E-state index contributed by atoms with van der Waals surface area (Å²) in [6.45, 7) is 2.57. The fourth-order valence-corrected chi connectivity index (χ4v) is 4.86. The van der Waals surface area contributed by atoms with E-state index in [1.165, 1.54) is 16.9 Å². The minimum absolute atomic E-state index is 0.0513. The van der Waals surface area contributed by atoms with Crippen LogP contribution in [-0.2, 0) is 23.2 Å². The van der Waals surface area contributed by atoms with E-state index in [9.17, 15) is 19.1 Å². The minimum Gasteiger partial charge on any atom is -0.480 e. The molecule has 1 fully saturated rings. The monoisotopic (exact) mass is 449 g/mol. The number of hydrogen-bond acceptors (Lipinski definition) is 4. The Labute approximate surface area is 189 Å². The number of fused-ring (bicyclic) bond motifs is 2. The molecule has 1 N–H and O–H groups in total. The number of carboxylic acid groups (broad SMARTS) is 1. The summed E-state index contributed by atoms with van der Waals surface area (Å²) in [6.07, 6.45) is 2.98. The number of carbonyl (C=O) groups excluding carboxylic acids is 1. The maximum absolute atomic E-state index is 14.9. The third-order valence-corrected chi connectivity index (χ3v) is 6.54. The molecule has 2 aromatic heterocycles. The standard InChI is InChI=1S/C24H24FN5O3/c1-14(31)29-8-6-15(7-9-29)24-23-17(4-3-5-20(23)30(27-24)13-22(32)33)16-10-19(25)18-12-26-28(2)21(18)11-16/h3-5,10-12,15H,6-9,13H2,1-2H3,(H,32,33). The van der Waals surface area contributed by atoms with Crippen LogP contribution < -0.4 is 0 Å². The van der Waals surface area contributed by atoms with Gasteiger partial charge in [-0.2, -0.15) is 10.2 Å². The first-order chi connectivity index (χ1) is 15.8. The number of carbonyl (C=O) groups is 2. The van der Waals surface area contributed by atoms with E-state index in [4.69, 9.17) is 5.10 Å². The van der Waals surface area contributed by atoms with E-state index in [2.05, 4.69) is 5.10 Å². The Kier molecular flexibility index (Phi) is 5.11. The highest BCUT2D eigenvalue weighted by Gasteiger charge is 2.28. The first-order valence-electron chi connectivity index (χ1n) is 10.9. The van der Waals surface area contributed by atoms with Gasteiger partial charge in [-0.25, -0.2) is 4.39 Å². The Bertz CT molecular complexity index is 1400. The minimum atomic E-state index is -0.981. The average Bonchev–Trinajstić information content (AvgIpc) is 3.34. The molecule has 170 valence electrons. The van der Waals surface area contributed by atoms with Crippen LogP contribution >= 0.6 is 0 Å². The van der Waals surface area contributed by atoms with Gasteiger partial charge >= 0.3 is 5.97 Å². The largest absolute Gasteiger partial charge is 0.480 e. The molecule has 1 saturated heterocycles. The van der Waals surface area contributed by atoms with Crippen LogP contribution in [0.3, 0.4) is 0 Å². The van der Waals surface area contributed by atoms with Crippen molar-refractivity contribution >= 4 is 33.7 Å². The van der Waals surface area contributed by atoms with Crippen molar-refractivity contribution in [2.45, 2.75) is 32.2 Å². The topological polar surface area (TPSA) is 93.2 Å². The number of aryl methyl sites for hydroxylation is 1. The number of nitrogens with zero attached hydrogens (tertiary/aromatic N) is 5. The SMILES string of the molecule is CC(=O)N1CCC(c2nn(CC(=O)O)c3cccc(-c4cc(F)c5cnn(C)c5c4)c23)CC1. The van der Waals surface area contributed by atoms with Gasteiger partial charge in [0, 0.05) is 38.4 Å². The van der Waals surface area contributed by atoms with E-state index in [1.807, 2.05) is 29.2 Å². The van der Waals surface area contributed by atoms with Crippen LogP contribution in [0.25, 0.3) is 32.9 Å². The zero-order valence-corrected chi connectivity index (χ0v) is 18.5. The van der Waals surface area contributed by atoms with Gasteiger partial charge in [0.05, 0.1) is 28.3 Å². The number of likely N-dealkylation sites (tertiary alicyclic amines) is 1. The second-order valence-electron chi connectivity index (χ2n) is 8.58.